The van der Waals surface area contributed by atoms with Crippen molar-refractivity contribution in [3.63, 3.8) is 0 Å². The lowest BCUT2D eigenvalue weighted by atomic mass is 9.99. The van der Waals surface area contributed by atoms with Gasteiger partial charge in [-0.25, -0.2) is 18.7 Å². The average molecular weight is 398 g/mol. The summed E-state index contributed by atoms with van der Waals surface area (Å²) in [7, 11) is 0. The molecule has 29 heavy (non-hydrogen) atoms. The lowest BCUT2D eigenvalue weighted by Gasteiger charge is -2.33. The number of amides is 1. The highest BCUT2D eigenvalue weighted by Gasteiger charge is 2.39. The first-order valence-corrected chi connectivity index (χ1v) is 9.08. The molecule has 3 aromatic heterocycles. The minimum absolute atomic E-state index is 0.290. The number of H-pyrrole nitrogens is 1. The number of hydrogen-bond acceptors (Lipinski definition) is 5. The van der Waals surface area contributed by atoms with Gasteiger partial charge in [-0.1, -0.05) is 18.2 Å². The zero-order valence-electron chi connectivity index (χ0n) is 15.4. The Kier molecular flexibility index (Phi) is 3.97. The Bertz CT molecular complexity index is 1210. The Hall–Kier alpha value is -3.49. The zero-order chi connectivity index (χ0) is 20.1. The number of halogens is 2. The summed E-state index contributed by atoms with van der Waals surface area (Å²) in [6, 6.07) is 6.96. The number of nitrogens with one attached hydrogen (secondary N) is 1. The normalized spacial score (nSPS) is 16.6. The van der Waals surface area contributed by atoms with Crippen LogP contribution in [-0.2, 0) is 6.42 Å². The van der Waals surface area contributed by atoms with Crippen molar-refractivity contribution in [3.8, 4) is 0 Å². The SMILES string of the molecule is Cc1cccc2cc([C@@H]3c4nc[nH]c4CCN3C(=O)c3ocnc3C(F)F)oc12. The van der Waals surface area contributed by atoms with E-state index in [4.69, 9.17) is 8.83 Å². The van der Waals surface area contributed by atoms with Crippen LogP contribution >= 0.6 is 0 Å². The Balaban J connectivity index is 1.63. The van der Waals surface area contributed by atoms with Crippen LogP contribution in [0.3, 0.4) is 0 Å². The minimum atomic E-state index is -2.91. The fourth-order valence-corrected chi connectivity index (χ4v) is 3.85. The first-order valence-electron chi connectivity index (χ1n) is 9.08. The molecule has 1 aliphatic rings. The summed E-state index contributed by atoms with van der Waals surface area (Å²) in [6.45, 7) is 2.22. The van der Waals surface area contributed by atoms with Gasteiger partial charge in [0.05, 0.1) is 12.0 Å². The summed E-state index contributed by atoms with van der Waals surface area (Å²) < 4.78 is 37.6. The molecule has 0 spiro atoms. The number of furan rings is 1. The molecule has 1 aliphatic heterocycles. The number of aromatic nitrogens is 3. The van der Waals surface area contributed by atoms with Crippen LogP contribution in [0.2, 0.25) is 0 Å². The predicted octanol–water partition coefficient (Wildman–Crippen LogP) is 4.18. The largest absolute Gasteiger partial charge is 0.458 e. The van der Waals surface area contributed by atoms with Crippen molar-refractivity contribution in [3.05, 3.63) is 71.2 Å². The van der Waals surface area contributed by atoms with Crippen molar-refractivity contribution in [2.45, 2.75) is 25.8 Å². The fraction of sp³-hybridized carbons (Fsp3) is 0.250. The summed E-state index contributed by atoms with van der Waals surface area (Å²) >= 11 is 0. The van der Waals surface area contributed by atoms with Gasteiger partial charge in [-0.05, 0) is 18.6 Å². The van der Waals surface area contributed by atoms with Crippen LogP contribution in [0.5, 0.6) is 0 Å². The van der Waals surface area contributed by atoms with Gasteiger partial charge in [0, 0.05) is 24.0 Å². The molecule has 1 atom stereocenters. The van der Waals surface area contributed by atoms with Gasteiger partial charge in [0.15, 0.2) is 12.1 Å². The number of hydrogen-bond donors (Lipinski definition) is 1. The summed E-state index contributed by atoms with van der Waals surface area (Å²) in [5.41, 5.74) is 2.51. The van der Waals surface area contributed by atoms with Crippen molar-refractivity contribution < 1.29 is 22.4 Å². The van der Waals surface area contributed by atoms with Crippen LogP contribution in [0, 0.1) is 6.92 Å². The molecule has 1 aromatic carbocycles. The molecule has 0 radical (unpaired) electrons. The van der Waals surface area contributed by atoms with Crippen LogP contribution in [0.1, 0.15) is 51.4 Å². The van der Waals surface area contributed by atoms with Gasteiger partial charge in [0.1, 0.15) is 17.4 Å². The van der Waals surface area contributed by atoms with Gasteiger partial charge in [0.25, 0.3) is 12.3 Å². The maximum absolute atomic E-state index is 13.3. The van der Waals surface area contributed by atoms with E-state index >= 15 is 0 Å². The van der Waals surface area contributed by atoms with Crippen LogP contribution in [-0.4, -0.2) is 32.3 Å². The summed E-state index contributed by atoms with van der Waals surface area (Å²) in [6.07, 6.45) is 0.0110. The second-order valence-electron chi connectivity index (χ2n) is 6.93. The topological polar surface area (TPSA) is 88.2 Å². The smallest absolute Gasteiger partial charge is 0.292 e. The molecule has 9 heteroatoms. The average Bonchev–Trinajstić information content (AvgIpc) is 3.44. The van der Waals surface area contributed by atoms with Gasteiger partial charge < -0.3 is 18.7 Å². The minimum Gasteiger partial charge on any atom is -0.458 e. The van der Waals surface area contributed by atoms with Crippen LogP contribution in [0.4, 0.5) is 8.78 Å². The monoisotopic (exact) mass is 398 g/mol. The van der Waals surface area contributed by atoms with Crippen molar-refractivity contribution >= 4 is 16.9 Å². The number of nitrogens with zero attached hydrogens (tertiary/aromatic N) is 3. The van der Waals surface area contributed by atoms with E-state index in [1.165, 1.54) is 4.90 Å². The number of aryl methyl sites for hydroxylation is 1. The lowest BCUT2D eigenvalue weighted by molar-refractivity contribution is 0.0625. The molecular formula is C20H16F2N4O3. The van der Waals surface area contributed by atoms with E-state index in [1.807, 2.05) is 31.2 Å². The standard InChI is InChI=1S/C20H16F2N4O3/c1-10-3-2-4-11-7-13(29-17(10)11)16-14-12(23-8-24-14)5-6-26(16)20(27)18-15(19(21)22)25-9-28-18/h2-4,7-9,16,19H,5-6H2,1H3,(H,23,24)/t16-/m1/s1. The van der Waals surface area contributed by atoms with E-state index in [0.717, 1.165) is 23.0 Å². The van der Waals surface area contributed by atoms with Gasteiger partial charge in [-0.2, -0.15) is 0 Å². The number of para-hydroxylation sites is 1. The predicted molar refractivity (Wildman–Crippen MR) is 97.6 cm³/mol. The molecule has 1 N–H and O–H groups in total. The maximum atomic E-state index is 13.3. The number of carbonyl (C=O) groups excluding carboxylic acids is 1. The maximum Gasteiger partial charge on any atom is 0.292 e. The van der Waals surface area contributed by atoms with Crippen molar-refractivity contribution in [2.75, 3.05) is 6.54 Å². The van der Waals surface area contributed by atoms with E-state index in [0.29, 0.717) is 23.5 Å². The molecule has 4 aromatic rings. The number of oxazole rings is 1. The van der Waals surface area contributed by atoms with Crippen molar-refractivity contribution in [2.24, 2.45) is 0 Å². The molecular weight excluding hydrogens is 382 g/mol. The number of fused-ring (bicyclic) bond motifs is 2. The third-order valence-electron chi connectivity index (χ3n) is 5.21. The number of imidazole rings is 1. The number of rotatable bonds is 3. The summed E-state index contributed by atoms with van der Waals surface area (Å²) in [5, 5.41) is 0.892. The van der Waals surface area contributed by atoms with E-state index in [9.17, 15) is 13.6 Å². The van der Waals surface area contributed by atoms with Gasteiger partial charge in [-0.15, -0.1) is 0 Å². The van der Waals surface area contributed by atoms with Crippen molar-refractivity contribution in [1.29, 1.82) is 0 Å². The Morgan fingerprint density at radius 1 is 1.34 bits per heavy atom. The first-order chi connectivity index (χ1) is 14.0. The molecule has 0 saturated heterocycles. The fourth-order valence-electron chi connectivity index (χ4n) is 3.85. The Morgan fingerprint density at radius 2 is 2.21 bits per heavy atom. The van der Waals surface area contributed by atoms with E-state index in [1.54, 1.807) is 6.33 Å². The summed E-state index contributed by atoms with van der Waals surface area (Å²) in [4.78, 5) is 25.6. The highest BCUT2D eigenvalue weighted by atomic mass is 19.3. The number of aromatic amines is 1. The third-order valence-corrected chi connectivity index (χ3v) is 5.21. The zero-order valence-corrected chi connectivity index (χ0v) is 15.4. The van der Waals surface area contributed by atoms with E-state index in [-0.39, 0.29) is 6.54 Å². The van der Waals surface area contributed by atoms with E-state index in [2.05, 4.69) is 15.0 Å². The molecule has 0 unspecified atom stereocenters. The number of benzene rings is 1. The Labute approximate surface area is 163 Å². The second kappa shape index (κ2) is 6.54. The van der Waals surface area contributed by atoms with Crippen LogP contribution < -0.4 is 0 Å². The molecule has 0 bridgehead atoms. The molecule has 1 amide bonds. The van der Waals surface area contributed by atoms with Crippen LogP contribution in [0.15, 0.2) is 45.8 Å². The van der Waals surface area contributed by atoms with E-state index < -0.39 is 29.8 Å². The highest BCUT2D eigenvalue weighted by molar-refractivity contribution is 5.93. The number of alkyl halides is 2. The van der Waals surface area contributed by atoms with Gasteiger partial charge >= 0.3 is 0 Å². The second-order valence-corrected chi connectivity index (χ2v) is 6.93. The lowest BCUT2D eigenvalue weighted by Crippen LogP contribution is -2.40. The molecule has 0 aliphatic carbocycles. The Morgan fingerprint density at radius 3 is 3.00 bits per heavy atom. The molecule has 7 nitrogen and oxygen atoms in total. The molecule has 5 rings (SSSR count). The van der Waals surface area contributed by atoms with Gasteiger partial charge in [0.2, 0.25) is 5.76 Å². The van der Waals surface area contributed by atoms with Crippen LogP contribution in [0.25, 0.3) is 11.0 Å². The summed E-state index contributed by atoms with van der Waals surface area (Å²) in [5.74, 6) is -0.626. The van der Waals surface area contributed by atoms with Crippen molar-refractivity contribution in [1.82, 2.24) is 19.9 Å². The first kappa shape index (κ1) is 17.6. The molecule has 148 valence electrons. The molecule has 4 heterocycles. The molecule has 0 saturated carbocycles. The highest BCUT2D eigenvalue weighted by Crippen LogP contribution is 2.38. The third kappa shape index (κ3) is 2.72. The molecule has 0 fully saturated rings. The number of carbonyl (C=O) groups is 1. The quantitative estimate of drug-likeness (QED) is 0.559. The van der Waals surface area contributed by atoms with Gasteiger partial charge in [-0.3, -0.25) is 4.79 Å².